The number of pyridine rings is 1. The van der Waals surface area contributed by atoms with Gasteiger partial charge >= 0.3 is 0 Å². The van der Waals surface area contributed by atoms with Crippen molar-refractivity contribution in [2.75, 3.05) is 14.2 Å². The molecule has 8 heteroatoms. The second kappa shape index (κ2) is 8.42. The number of fused-ring (bicyclic) bond motifs is 1. The lowest BCUT2D eigenvalue weighted by Crippen LogP contribution is -2.23. The van der Waals surface area contributed by atoms with Gasteiger partial charge in [0.25, 0.3) is 5.91 Å². The molecule has 0 fully saturated rings. The first kappa shape index (κ1) is 19.7. The molecule has 0 unspecified atom stereocenters. The van der Waals surface area contributed by atoms with Crippen LogP contribution in [0.25, 0.3) is 17.0 Å². The van der Waals surface area contributed by atoms with Crippen molar-refractivity contribution in [1.82, 2.24) is 19.9 Å². The summed E-state index contributed by atoms with van der Waals surface area (Å²) in [7, 11) is 3.17. The zero-order valence-electron chi connectivity index (χ0n) is 16.4. The zero-order chi connectivity index (χ0) is 21.1. The predicted octanol–water partition coefficient (Wildman–Crippen LogP) is 4.00. The lowest BCUT2D eigenvalue weighted by Gasteiger charge is -2.11. The second-order valence-corrected chi connectivity index (χ2v) is 6.97. The van der Waals surface area contributed by atoms with Crippen molar-refractivity contribution in [3.63, 3.8) is 0 Å². The number of methoxy groups -OCH3 is 2. The number of amides is 1. The second-order valence-electron chi connectivity index (χ2n) is 6.53. The van der Waals surface area contributed by atoms with E-state index >= 15 is 0 Å². The van der Waals surface area contributed by atoms with Gasteiger partial charge in [-0.1, -0.05) is 11.6 Å². The average molecular weight is 423 g/mol. The van der Waals surface area contributed by atoms with Crippen molar-refractivity contribution in [2.24, 2.45) is 0 Å². The summed E-state index contributed by atoms with van der Waals surface area (Å²) in [6.45, 7) is 0.319. The van der Waals surface area contributed by atoms with E-state index in [0.717, 1.165) is 11.1 Å². The maximum absolute atomic E-state index is 12.6. The van der Waals surface area contributed by atoms with Crippen LogP contribution in [0, 0.1) is 0 Å². The zero-order valence-corrected chi connectivity index (χ0v) is 17.2. The summed E-state index contributed by atoms with van der Waals surface area (Å²) in [5, 5.41) is 12.0. The SMILES string of the molecule is COc1ccc(CNC(=O)c2ccn3c(-c4ccc(Cl)cc4)nnc3c2)c(OC)c1. The molecule has 4 rings (SSSR count). The highest BCUT2D eigenvalue weighted by Gasteiger charge is 2.13. The number of nitrogens with zero attached hydrogens (tertiary/aromatic N) is 3. The molecular weight excluding hydrogens is 404 g/mol. The first-order chi connectivity index (χ1) is 14.6. The Bertz CT molecular complexity index is 1200. The number of ether oxygens (including phenoxy) is 2. The fourth-order valence-electron chi connectivity index (χ4n) is 3.10. The van der Waals surface area contributed by atoms with Crippen molar-refractivity contribution < 1.29 is 14.3 Å². The summed E-state index contributed by atoms with van der Waals surface area (Å²) in [5.41, 5.74) is 2.80. The fourth-order valence-corrected chi connectivity index (χ4v) is 3.23. The van der Waals surface area contributed by atoms with E-state index in [4.69, 9.17) is 21.1 Å². The van der Waals surface area contributed by atoms with E-state index in [9.17, 15) is 4.79 Å². The molecule has 1 N–H and O–H groups in total. The summed E-state index contributed by atoms with van der Waals surface area (Å²) in [6, 6.07) is 16.2. The Balaban J connectivity index is 1.52. The van der Waals surface area contributed by atoms with Gasteiger partial charge in [0, 0.05) is 40.5 Å². The molecule has 7 nitrogen and oxygen atoms in total. The molecule has 0 radical (unpaired) electrons. The lowest BCUT2D eigenvalue weighted by atomic mass is 10.1. The Kier molecular flexibility index (Phi) is 5.54. The third-order valence-electron chi connectivity index (χ3n) is 4.71. The first-order valence-electron chi connectivity index (χ1n) is 9.19. The van der Waals surface area contributed by atoms with Gasteiger partial charge in [-0.3, -0.25) is 9.20 Å². The molecule has 0 aliphatic carbocycles. The highest BCUT2D eigenvalue weighted by atomic mass is 35.5. The predicted molar refractivity (Wildman–Crippen MR) is 114 cm³/mol. The smallest absolute Gasteiger partial charge is 0.251 e. The molecule has 2 aromatic heterocycles. The first-order valence-corrected chi connectivity index (χ1v) is 9.56. The lowest BCUT2D eigenvalue weighted by molar-refractivity contribution is 0.0950. The molecule has 0 aliphatic heterocycles. The molecule has 0 atom stereocenters. The van der Waals surface area contributed by atoms with Gasteiger partial charge in [-0.15, -0.1) is 10.2 Å². The van der Waals surface area contributed by atoms with Crippen LogP contribution in [0.5, 0.6) is 11.5 Å². The minimum absolute atomic E-state index is 0.216. The van der Waals surface area contributed by atoms with Crippen LogP contribution in [0.2, 0.25) is 5.02 Å². The highest BCUT2D eigenvalue weighted by molar-refractivity contribution is 6.30. The van der Waals surface area contributed by atoms with Gasteiger partial charge in [0.05, 0.1) is 14.2 Å². The van der Waals surface area contributed by atoms with Gasteiger partial charge in [-0.25, -0.2) is 0 Å². The van der Waals surface area contributed by atoms with Crippen LogP contribution in [0.1, 0.15) is 15.9 Å². The topological polar surface area (TPSA) is 77.8 Å². The Labute approximate surface area is 178 Å². The molecule has 2 heterocycles. The van der Waals surface area contributed by atoms with Gasteiger partial charge in [0.15, 0.2) is 11.5 Å². The largest absolute Gasteiger partial charge is 0.497 e. The number of hydrogen-bond donors (Lipinski definition) is 1. The van der Waals surface area contributed by atoms with Crippen LogP contribution in [-0.2, 0) is 6.54 Å². The molecule has 0 spiro atoms. The Morgan fingerprint density at radius 1 is 1.03 bits per heavy atom. The van der Waals surface area contributed by atoms with Crippen LogP contribution in [0.4, 0.5) is 0 Å². The quantitative estimate of drug-likeness (QED) is 0.508. The molecule has 0 saturated carbocycles. The number of carbonyl (C=O) groups is 1. The monoisotopic (exact) mass is 422 g/mol. The van der Waals surface area contributed by atoms with Gasteiger partial charge in [0.2, 0.25) is 0 Å². The fraction of sp³-hybridized carbons (Fsp3) is 0.136. The summed E-state index contributed by atoms with van der Waals surface area (Å²) >= 11 is 5.95. The highest BCUT2D eigenvalue weighted by Crippen LogP contribution is 2.25. The number of nitrogens with one attached hydrogen (secondary N) is 1. The number of carbonyl (C=O) groups excluding carboxylic acids is 1. The maximum Gasteiger partial charge on any atom is 0.251 e. The number of benzene rings is 2. The standard InChI is InChI=1S/C22H19ClN4O3/c1-29-18-8-5-16(19(12-18)30-2)13-24-22(28)15-9-10-27-20(11-15)25-26-21(27)14-3-6-17(23)7-4-14/h3-12H,13H2,1-2H3,(H,24,28). The molecule has 152 valence electrons. The molecular formula is C22H19ClN4O3. The summed E-state index contributed by atoms with van der Waals surface area (Å²) in [4.78, 5) is 12.6. The minimum atomic E-state index is -0.216. The van der Waals surface area contributed by atoms with Crippen molar-refractivity contribution in [1.29, 1.82) is 0 Å². The van der Waals surface area contributed by atoms with E-state index < -0.39 is 0 Å². The summed E-state index contributed by atoms with van der Waals surface area (Å²) in [6.07, 6.45) is 1.78. The van der Waals surface area contributed by atoms with Crippen molar-refractivity contribution >= 4 is 23.2 Å². The van der Waals surface area contributed by atoms with Gasteiger partial charge < -0.3 is 14.8 Å². The van der Waals surface area contributed by atoms with E-state index in [2.05, 4.69) is 15.5 Å². The van der Waals surface area contributed by atoms with E-state index in [1.54, 1.807) is 50.7 Å². The van der Waals surface area contributed by atoms with Crippen molar-refractivity contribution in [3.05, 3.63) is 76.9 Å². The van der Waals surface area contributed by atoms with E-state index in [1.807, 2.05) is 28.7 Å². The van der Waals surface area contributed by atoms with E-state index in [-0.39, 0.29) is 5.91 Å². The molecule has 1 amide bonds. The van der Waals surface area contributed by atoms with Crippen LogP contribution in [0.15, 0.2) is 60.8 Å². The molecule has 0 aliphatic rings. The number of hydrogen-bond acceptors (Lipinski definition) is 5. The summed E-state index contributed by atoms with van der Waals surface area (Å²) < 4.78 is 12.4. The maximum atomic E-state index is 12.6. The van der Waals surface area contributed by atoms with Gasteiger partial charge in [-0.05, 0) is 48.5 Å². The van der Waals surface area contributed by atoms with E-state index in [0.29, 0.717) is 40.1 Å². The molecule has 4 aromatic rings. The molecule has 2 aromatic carbocycles. The van der Waals surface area contributed by atoms with Crippen molar-refractivity contribution in [2.45, 2.75) is 6.54 Å². The Morgan fingerprint density at radius 2 is 1.83 bits per heavy atom. The van der Waals surface area contributed by atoms with Gasteiger partial charge in [0.1, 0.15) is 11.5 Å². The summed E-state index contributed by atoms with van der Waals surface area (Å²) in [5.74, 6) is 1.80. The molecule has 0 saturated heterocycles. The number of halogens is 1. The number of rotatable bonds is 6. The minimum Gasteiger partial charge on any atom is -0.497 e. The average Bonchev–Trinajstić information content (AvgIpc) is 3.21. The van der Waals surface area contributed by atoms with Gasteiger partial charge in [-0.2, -0.15) is 0 Å². The van der Waals surface area contributed by atoms with Crippen molar-refractivity contribution in [3.8, 4) is 22.9 Å². The van der Waals surface area contributed by atoms with Crippen LogP contribution < -0.4 is 14.8 Å². The Morgan fingerprint density at radius 3 is 2.57 bits per heavy atom. The van der Waals surface area contributed by atoms with E-state index in [1.165, 1.54) is 0 Å². The van der Waals surface area contributed by atoms with Crippen LogP contribution in [-0.4, -0.2) is 34.7 Å². The third kappa shape index (κ3) is 3.92. The third-order valence-corrected chi connectivity index (χ3v) is 4.96. The van der Waals surface area contributed by atoms with Crippen LogP contribution in [0.3, 0.4) is 0 Å². The normalized spacial score (nSPS) is 10.8. The van der Waals surface area contributed by atoms with Crippen LogP contribution >= 0.6 is 11.6 Å². The molecule has 0 bridgehead atoms. The Hall–Kier alpha value is -3.58. The number of aromatic nitrogens is 3. The molecule has 30 heavy (non-hydrogen) atoms.